The van der Waals surface area contributed by atoms with Gasteiger partial charge in [-0.15, -0.1) is 0 Å². The van der Waals surface area contributed by atoms with E-state index in [1.54, 1.807) is 6.33 Å². The Hall–Kier alpha value is -3.61. The molecule has 0 fully saturated rings. The minimum Gasteiger partial charge on any atom is -0.493 e. The first kappa shape index (κ1) is 16.8. The Morgan fingerprint density at radius 3 is 2.78 bits per heavy atom. The summed E-state index contributed by atoms with van der Waals surface area (Å²) in [5, 5.41) is 3.19. The molecule has 7 heteroatoms. The molecule has 0 aliphatic carbocycles. The first-order chi connectivity index (χ1) is 13.2. The third-order valence-corrected chi connectivity index (χ3v) is 4.26. The highest BCUT2D eigenvalue weighted by atomic mass is 16.5. The Bertz CT molecular complexity index is 1060. The lowest BCUT2D eigenvalue weighted by molar-refractivity contribution is 0.322. The summed E-state index contributed by atoms with van der Waals surface area (Å²) in [5.41, 5.74) is 10.3. The first-order valence-corrected chi connectivity index (χ1v) is 8.70. The molecule has 2 aromatic carbocycles. The average molecular weight is 360 g/mol. The summed E-state index contributed by atoms with van der Waals surface area (Å²) in [6.45, 7) is 2.63. The van der Waals surface area contributed by atoms with E-state index in [0.717, 1.165) is 23.4 Å². The van der Waals surface area contributed by atoms with Gasteiger partial charge in [0.1, 0.15) is 11.3 Å². The number of nitrogens with zero attached hydrogens (tertiary/aromatic N) is 3. The fourth-order valence-corrected chi connectivity index (χ4v) is 2.83. The molecule has 2 aromatic heterocycles. The summed E-state index contributed by atoms with van der Waals surface area (Å²) < 4.78 is 5.87. The monoisotopic (exact) mass is 360 g/mol. The van der Waals surface area contributed by atoms with Gasteiger partial charge >= 0.3 is 0 Å². The highest BCUT2D eigenvalue weighted by Crippen LogP contribution is 2.25. The summed E-state index contributed by atoms with van der Waals surface area (Å²) in [4.78, 5) is 15.7. The number of nitrogens with two attached hydrogens (primary N) is 1. The van der Waals surface area contributed by atoms with E-state index in [-0.39, 0.29) is 0 Å². The van der Waals surface area contributed by atoms with Gasteiger partial charge in [0.15, 0.2) is 11.5 Å². The number of nitrogens with one attached hydrogen (secondary N) is 2. The van der Waals surface area contributed by atoms with Crippen LogP contribution in [-0.2, 0) is 6.42 Å². The highest BCUT2D eigenvalue weighted by molar-refractivity contribution is 5.82. The molecule has 7 nitrogen and oxygen atoms in total. The number of ether oxygens (including phenoxy) is 1. The molecule has 0 aliphatic heterocycles. The number of aromatic amines is 1. The van der Waals surface area contributed by atoms with Crippen molar-refractivity contribution in [3.05, 3.63) is 66.0 Å². The Morgan fingerprint density at radius 1 is 1.11 bits per heavy atom. The number of nitrogen functional groups attached to an aromatic ring is 1. The zero-order valence-electron chi connectivity index (χ0n) is 14.9. The first-order valence-electron chi connectivity index (χ1n) is 8.70. The van der Waals surface area contributed by atoms with Gasteiger partial charge in [0, 0.05) is 12.1 Å². The lowest BCUT2D eigenvalue weighted by atomic mass is 10.1. The van der Waals surface area contributed by atoms with Crippen molar-refractivity contribution < 1.29 is 4.74 Å². The van der Waals surface area contributed by atoms with Crippen molar-refractivity contribution in [2.45, 2.75) is 13.3 Å². The molecular weight excluding hydrogens is 340 g/mol. The molecule has 0 spiro atoms. The number of rotatable bonds is 6. The summed E-state index contributed by atoms with van der Waals surface area (Å²) in [7, 11) is 0. The second-order valence-corrected chi connectivity index (χ2v) is 6.22. The lowest BCUT2D eigenvalue weighted by Gasteiger charge is -2.11. The lowest BCUT2D eigenvalue weighted by Crippen LogP contribution is -2.04. The number of H-pyrrole nitrogens is 1. The van der Waals surface area contributed by atoms with E-state index in [4.69, 9.17) is 10.5 Å². The molecule has 0 atom stereocenters. The number of hydrogen-bond donors (Lipinski definition) is 3. The number of benzene rings is 2. The van der Waals surface area contributed by atoms with E-state index in [2.05, 4.69) is 37.4 Å². The summed E-state index contributed by atoms with van der Waals surface area (Å²) in [5.74, 6) is 1.60. The zero-order valence-corrected chi connectivity index (χ0v) is 14.9. The molecule has 0 aliphatic rings. The molecule has 0 amide bonds. The Kier molecular flexibility index (Phi) is 4.57. The van der Waals surface area contributed by atoms with Crippen LogP contribution in [0.5, 0.6) is 5.75 Å². The fourth-order valence-electron chi connectivity index (χ4n) is 2.83. The smallest absolute Gasteiger partial charge is 0.231 e. The predicted octanol–water partition coefficient (Wildman–Crippen LogP) is 3.61. The number of imidazole rings is 1. The van der Waals surface area contributed by atoms with Crippen LogP contribution in [0.1, 0.15) is 11.1 Å². The van der Waals surface area contributed by atoms with Gasteiger partial charge in [0.2, 0.25) is 5.95 Å². The Balaban J connectivity index is 1.43. The van der Waals surface area contributed by atoms with Crippen LogP contribution in [0.15, 0.2) is 54.9 Å². The Labute approximate surface area is 156 Å². The zero-order chi connectivity index (χ0) is 18.6. The van der Waals surface area contributed by atoms with Crippen LogP contribution in [0.2, 0.25) is 0 Å². The van der Waals surface area contributed by atoms with Crippen LogP contribution in [0.4, 0.5) is 17.5 Å². The topological polar surface area (TPSA) is 102 Å². The normalized spacial score (nSPS) is 10.9. The van der Waals surface area contributed by atoms with E-state index in [9.17, 15) is 0 Å². The molecular formula is C20H20N6O. The molecule has 27 heavy (non-hydrogen) atoms. The number of anilines is 3. The summed E-state index contributed by atoms with van der Waals surface area (Å²) in [6, 6.07) is 16.2. The van der Waals surface area contributed by atoms with Gasteiger partial charge in [-0.1, -0.05) is 30.3 Å². The SMILES string of the molecule is Cc1cc(OCCc2ccccc2)ccc1Nc1nc(N)c2[nH]cnc2n1. The number of hydrogen-bond acceptors (Lipinski definition) is 6. The van der Waals surface area contributed by atoms with E-state index in [1.165, 1.54) is 5.56 Å². The van der Waals surface area contributed by atoms with Crippen LogP contribution < -0.4 is 15.8 Å². The van der Waals surface area contributed by atoms with Crippen LogP contribution in [0.3, 0.4) is 0 Å². The maximum Gasteiger partial charge on any atom is 0.231 e. The van der Waals surface area contributed by atoms with Gasteiger partial charge in [-0.2, -0.15) is 9.97 Å². The molecule has 0 unspecified atom stereocenters. The molecule has 4 rings (SSSR count). The van der Waals surface area contributed by atoms with Gasteiger partial charge in [-0.05, 0) is 36.2 Å². The van der Waals surface area contributed by atoms with Gasteiger partial charge in [0.05, 0.1) is 12.9 Å². The standard InChI is InChI=1S/C20H20N6O/c1-13-11-15(27-10-9-14-5-3-2-4-6-14)7-8-16(13)24-20-25-18(21)17-19(26-20)23-12-22-17/h2-8,11-12H,9-10H2,1H3,(H4,21,22,23,24,25,26). The number of fused-ring (bicyclic) bond motifs is 1. The van der Waals surface area contributed by atoms with Crippen molar-refractivity contribution in [3.8, 4) is 5.75 Å². The summed E-state index contributed by atoms with van der Waals surface area (Å²) in [6.07, 6.45) is 2.42. The van der Waals surface area contributed by atoms with Gasteiger partial charge < -0.3 is 20.8 Å². The largest absolute Gasteiger partial charge is 0.493 e. The van der Waals surface area contributed by atoms with Crippen molar-refractivity contribution in [1.82, 2.24) is 19.9 Å². The van der Waals surface area contributed by atoms with Gasteiger partial charge in [0.25, 0.3) is 0 Å². The van der Waals surface area contributed by atoms with Crippen molar-refractivity contribution in [3.63, 3.8) is 0 Å². The molecule has 4 aromatic rings. The molecule has 0 bridgehead atoms. The maximum atomic E-state index is 5.94. The molecule has 0 saturated carbocycles. The van der Waals surface area contributed by atoms with Crippen LogP contribution >= 0.6 is 0 Å². The van der Waals surface area contributed by atoms with Crippen molar-refractivity contribution >= 4 is 28.6 Å². The predicted molar refractivity (Wildman–Crippen MR) is 106 cm³/mol. The molecule has 2 heterocycles. The van der Waals surface area contributed by atoms with Crippen LogP contribution in [0.25, 0.3) is 11.2 Å². The van der Waals surface area contributed by atoms with E-state index >= 15 is 0 Å². The summed E-state index contributed by atoms with van der Waals surface area (Å²) >= 11 is 0. The fraction of sp³-hybridized carbons (Fsp3) is 0.150. The van der Waals surface area contributed by atoms with Crippen molar-refractivity contribution in [1.29, 1.82) is 0 Å². The molecule has 4 N–H and O–H groups in total. The second-order valence-electron chi connectivity index (χ2n) is 6.22. The number of aryl methyl sites for hydroxylation is 1. The molecule has 0 radical (unpaired) electrons. The molecule has 0 saturated heterocycles. The highest BCUT2D eigenvalue weighted by Gasteiger charge is 2.09. The van der Waals surface area contributed by atoms with E-state index in [1.807, 2.05) is 43.3 Å². The third kappa shape index (κ3) is 3.82. The third-order valence-electron chi connectivity index (χ3n) is 4.26. The van der Waals surface area contributed by atoms with Gasteiger partial charge in [-0.3, -0.25) is 0 Å². The van der Waals surface area contributed by atoms with E-state index < -0.39 is 0 Å². The number of aromatic nitrogens is 4. The minimum absolute atomic E-state index is 0.360. The van der Waals surface area contributed by atoms with Gasteiger partial charge in [-0.25, -0.2) is 4.98 Å². The second kappa shape index (κ2) is 7.33. The van der Waals surface area contributed by atoms with Crippen LogP contribution in [0, 0.1) is 6.92 Å². The van der Waals surface area contributed by atoms with Crippen molar-refractivity contribution in [2.75, 3.05) is 17.7 Å². The minimum atomic E-state index is 0.360. The quantitative estimate of drug-likeness (QED) is 0.485. The average Bonchev–Trinajstić information content (AvgIpc) is 3.14. The van der Waals surface area contributed by atoms with Crippen LogP contribution in [-0.4, -0.2) is 26.5 Å². The molecule has 136 valence electrons. The Morgan fingerprint density at radius 2 is 1.96 bits per heavy atom. The van der Waals surface area contributed by atoms with E-state index in [0.29, 0.717) is 29.5 Å². The van der Waals surface area contributed by atoms with Crippen molar-refractivity contribution in [2.24, 2.45) is 0 Å². The maximum absolute atomic E-state index is 5.94.